The Morgan fingerprint density at radius 2 is 0.476 bits per heavy atom. The number of esters is 3. The van der Waals surface area contributed by atoms with Crippen LogP contribution in [0.15, 0.2) is 72.9 Å². The van der Waals surface area contributed by atoms with Gasteiger partial charge < -0.3 is 14.2 Å². The second kappa shape index (κ2) is 70.3. The van der Waals surface area contributed by atoms with E-state index in [-0.39, 0.29) is 31.1 Å². The van der Waals surface area contributed by atoms with Crippen LogP contribution in [0.4, 0.5) is 0 Å². The lowest BCUT2D eigenvalue weighted by Crippen LogP contribution is -2.30. The number of hydrogen-bond donors (Lipinski definition) is 0. The average Bonchev–Trinajstić information content (AvgIpc) is 3.47. The molecule has 0 spiro atoms. The summed E-state index contributed by atoms with van der Waals surface area (Å²) in [4.78, 5) is 38.4. The summed E-state index contributed by atoms with van der Waals surface area (Å²) < 4.78 is 17.0. The second-order valence-electron chi connectivity index (χ2n) is 24.1. The van der Waals surface area contributed by atoms with E-state index in [1.807, 2.05) is 0 Å². The van der Waals surface area contributed by atoms with Crippen molar-refractivity contribution < 1.29 is 28.6 Å². The first-order valence-corrected chi connectivity index (χ1v) is 35.9. The average molecular weight is 1150 g/mol. The first-order chi connectivity index (χ1) is 40.5. The molecule has 476 valence electrons. The first kappa shape index (κ1) is 78.8. The van der Waals surface area contributed by atoms with Crippen molar-refractivity contribution in [2.24, 2.45) is 0 Å². The molecule has 82 heavy (non-hydrogen) atoms. The van der Waals surface area contributed by atoms with E-state index in [2.05, 4.69) is 93.7 Å². The van der Waals surface area contributed by atoms with Crippen LogP contribution in [0, 0.1) is 0 Å². The van der Waals surface area contributed by atoms with Gasteiger partial charge in [0, 0.05) is 19.3 Å². The zero-order valence-corrected chi connectivity index (χ0v) is 54.8. The second-order valence-corrected chi connectivity index (χ2v) is 24.1. The molecule has 0 bridgehead atoms. The Morgan fingerprint density at radius 1 is 0.256 bits per heavy atom. The Labute approximate surface area is 510 Å². The number of allylic oxidation sites excluding steroid dienone is 12. The summed E-state index contributed by atoms with van der Waals surface area (Å²) in [5.74, 6) is -0.864. The molecule has 6 heteroatoms. The molecule has 0 fully saturated rings. The minimum absolute atomic E-state index is 0.0755. The topological polar surface area (TPSA) is 78.9 Å². The number of unbranched alkanes of at least 4 members (excludes halogenated alkanes) is 43. The van der Waals surface area contributed by atoms with Gasteiger partial charge in [0.15, 0.2) is 6.10 Å². The number of ether oxygens (including phenoxy) is 3. The van der Waals surface area contributed by atoms with Crippen LogP contribution in [0.25, 0.3) is 0 Å². The van der Waals surface area contributed by atoms with Gasteiger partial charge in [0.25, 0.3) is 0 Å². The molecule has 6 nitrogen and oxygen atoms in total. The highest BCUT2D eigenvalue weighted by molar-refractivity contribution is 5.71. The van der Waals surface area contributed by atoms with E-state index in [9.17, 15) is 14.4 Å². The molecule has 0 aromatic carbocycles. The van der Waals surface area contributed by atoms with Gasteiger partial charge in [-0.2, -0.15) is 0 Å². The molecule has 0 aliphatic carbocycles. The van der Waals surface area contributed by atoms with Crippen LogP contribution in [-0.2, 0) is 28.6 Å². The summed E-state index contributed by atoms with van der Waals surface area (Å²) >= 11 is 0. The Balaban J connectivity index is 4.25. The van der Waals surface area contributed by atoms with E-state index in [4.69, 9.17) is 14.2 Å². The zero-order valence-electron chi connectivity index (χ0n) is 54.8. The summed E-state index contributed by atoms with van der Waals surface area (Å²) in [5.41, 5.74) is 0. The monoisotopic (exact) mass is 1150 g/mol. The highest BCUT2D eigenvalue weighted by Crippen LogP contribution is 2.18. The van der Waals surface area contributed by atoms with Crippen LogP contribution in [0.5, 0.6) is 0 Å². The van der Waals surface area contributed by atoms with Crippen molar-refractivity contribution >= 4 is 17.9 Å². The molecular formula is C76H136O6. The maximum atomic E-state index is 13.0. The standard InChI is InChI=1S/C76H136O6/c1-4-7-10-13-16-19-22-25-27-29-31-33-35-37-38-39-41-42-44-46-48-51-54-57-60-63-66-69-75(78)81-72-73(71-80-74(77)68-65-62-59-56-53-50-24-21-18-15-12-9-6-3)82-76(79)70-67-64-61-58-55-52-49-47-45-43-40-36-34-32-30-28-26-23-20-17-14-11-8-5-2/h7,10,16,19,21,24-25,27,31,33,37-38,73H,4-6,8-9,11-15,17-18,20,22-23,26,28-30,32,34-36,39-72H2,1-3H3/b10-7-,19-16-,24-21-,27-25-,33-31-,38-37-. The van der Waals surface area contributed by atoms with E-state index in [1.54, 1.807) is 0 Å². The lowest BCUT2D eigenvalue weighted by atomic mass is 10.0. The summed E-state index contributed by atoms with van der Waals surface area (Å²) in [5, 5.41) is 0. The van der Waals surface area contributed by atoms with E-state index in [1.165, 1.54) is 238 Å². The molecular weight excluding hydrogens is 1010 g/mol. The normalized spacial score (nSPS) is 12.5. The van der Waals surface area contributed by atoms with Gasteiger partial charge in [-0.05, 0) is 89.9 Å². The van der Waals surface area contributed by atoms with Crippen LogP contribution >= 0.6 is 0 Å². The third-order valence-corrected chi connectivity index (χ3v) is 15.9. The van der Waals surface area contributed by atoms with Gasteiger partial charge in [0.1, 0.15) is 13.2 Å². The maximum Gasteiger partial charge on any atom is 0.306 e. The van der Waals surface area contributed by atoms with Crippen LogP contribution in [-0.4, -0.2) is 37.2 Å². The molecule has 1 atom stereocenters. The minimum atomic E-state index is -0.779. The van der Waals surface area contributed by atoms with Crippen LogP contribution in [0.2, 0.25) is 0 Å². The highest BCUT2D eigenvalue weighted by atomic mass is 16.6. The Morgan fingerprint density at radius 3 is 0.768 bits per heavy atom. The third-order valence-electron chi connectivity index (χ3n) is 15.9. The fourth-order valence-electron chi connectivity index (χ4n) is 10.6. The van der Waals surface area contributed by atoms with Crippen molar-refractivity contribution in [2.45, 2.75) is 380 Å². The highest BCUT2D eigenvalue weighted by Gasteiger charge is 2.19. The van der Waals surface area contributed by atoms with Gasteiger partial charge in [-0.1, -0.05) is 338 Å². The molecule has 0 radical (unpaired) electrons. The molecule has 0 amide bonds. The van der Waals surface area contributed by atoms with E-state index in [0.717, 1.165) is 96.3 Å². The number of carbonyl (C=O) groups excluding carboxylic acids is 3. The van der Waals surface area contributed by atoms with Crippen LogP contribution < -0.4 is 0 Å². The number of rotatable bonds is 66. The summed E-state index contributed by atoms with van der Waals surface area (Å²) in [6, 6.07) is 0. The van der Waals surface area contributed by atoms with Crippen molar-refractivity contribution in [1.82, 2.24) is 0 Å². The predicted octanol–water partition coefficient (Wildman–Crippen LogP) is 24.8. The van der Waals surface area contributed by atoms with Gasteiger partial charge in [-0.25, -0.2) is 0 Å². The van der Waals surface area contributed by atoms with Crippen molar-refractivity contribution in [3.05, 3.63) is 72.9 Å². The van der Waals surface area contributed by atoms with Gasteiger partial charge in [0.05, 0.1) is 0 Å². The number of carbonyl (C=O) groups is 3. The quantitative estimate of drug-likeness (QED) is 0.0261. The molecule has 0 saturated heterocycles. The molecule has 0 saturated carbocycles. The summed E-state index contributed by atoms with van der Waals surface area (Å²) in [6.07, 6.45) is 92.2. The maximum absolute atomic E-state index is 13.0. The molecule has 0 aromatic heterocycles. The molecule has 0 N–H and O–H groups in total. The first-order valence-electron chi connectivity index (χ1n) is 35.9. The lowest BCUT2D eigenvalue weighted by molar-refractivity contribution is -0.167. The summed E-state index contributed by atoms with van der Waals surface area (Å²) in [7, 11) is 0. The SMILES string of the molecule is CC/C=C\C/C=C\C/C=C\C/C=C\C/C=C\CCCCCCCCCCCCCC(=O)OCC(COC(=O)CCCCCCC/C=C\CCCCCC)OC(=O)CCCCCCCCCCCCCCCCCCCCCCCCCC. The van der Waals surface area contributed by atoms with E-state index < -0.39 is 6.10 Å². The van der Waals surface area contributed by atoms with Gasteiger partial charge >= 0.3 is 17.9 Å². The van der Waals surface area contributed by atoms with Gasteiger partial charge in [0.2, 0.25) is 0 Å². The van der Waals surface area contributed by atoms with E-state index >= 15 is 0 Å². The zero-order chi connectivity index (χ0) is 59.2. The van der Waals surface area contributed by atoms with Crippen molar-refractivity contribution in [3.8, 4) is 0 Å². The van der Waals surface area contributed by atoms with Crippen molar-refractivity contribution in [2.75, 3.05) is 13.2 Å². The molecule has 1 unspecified atom stereocenters. The smallest absolute Gasteiger partial charge is 0.306 e. The lowest BCUT2D eigenvalue weighted by Gasteiger charge is -2.18. The molecule has 0 rings (SSSR count). The minimum Gasteiger partial charge on any atom is -0.462 e. The molecule has 0 aliphatic rings. The van der Waals surface area contributed by atoms with Crippen LogP contribution in [0.3, 0.4) is 0 Å². The summed E-state index contributed by atoms with van der Waals surface area (Å²) in [6.45, 7) is 6.56. The van der Waals surface area contributed by atoms with Crippen molar-refractivity contribution in [1.29, 1.82) is 0 Å². The Bertz CT molecular complexity index is 1500. The Hall–Kier alpha value is -3.15. The fourth-order valence-corrected chi connectivity index (χ4v) is 10.6. The Kier molecular flexibility index (Phi) is 67.6. The molecule has 0 aliphatic heterocycles. The largest absolute Gasteiger partial charge is 0.462 e. The molecule has 0 aromatic rings. The van der Waals surface area contributed by atoms with Crippen LogP contribution in [0.1, 0.15) is 374 Å². The fraction of sp³-hybridized carbons (Fsp3) is 0.803. The van der Waals surface area contributed by atoms with Gasteiger partial charge in [-0.15, -0.1) is 0 Å². The molecule has 0 heterocycles. The van der Waals surface area contributed by atoms with Crippen molar-refractivity contribution in [3.63, 3.8) is 0 Å². The predicted molar refractivity (Wildman–Crippen MR) is 358 cm³/mol. The van der Waals surface area contributed by atoms with E-state index in [0.29, 0.717) is 19.3 Å². The third kappa shape index (κ3) is 67.6. The number of hydrogen-bond acceptors (Lipinski definition) is 6. The van der Waals surface area contributed by atoms with Gasteiger partial charge in [-0.3, -0.25) is 14.4 Å².